The predicted molar refractivity (Wildman–Crippen MR) is 103 cm³/mol. The molecule has 1 aromatic heterocycles. The second-order valence-electron chi connectivity index (χ2n) is 4.99. The van der Waals surface area contributed by atoms with Gasteiger partial charge in [-0.1, -0.05) is 0 Å². The Morgan fingerprint density at radius 2 is 2.09 bits per heavy atom. The van der Waals surface area contributed by atoms with Gasteiger partial charge >= 0.3 is 0 Å². The van der Waals surface area contributed by atoms with E-state index >= 15 is 0 Å². The molecule has 1 aromatic rings. The molecule has 1 heterocycles. The Morgan fingerprint density at radius 1 is 1.41 bits per heavy atom. The zero-order valence-electron chi connectivity index (χ0n) is 13.9. The van der Waals surface area contributed by atoms with Gasteiger partial charge in [0.05, 0.1) is 5.01 Å². The first-order valence-corrected chi connectivity index (χ1v) is 7.86. The highest BCUT2D eigenvalue weighted by molar-refractivity contribution is 14.0. The number of halogens is 1. The van der Waals surface area contributed by atoms with Crippen molar-refractivity contribution in [3.05, 3.63) is 16.1 Å². The molecule has 22 heavy (non-hydrogen) atoms. The number of aryl methyl sites for hydroxylation is 1. The van der Waals surface area contributed by atoms with Crippen molar-refractivity contribution in [3.8, 4) is 0 Å². The van der Waals surface area contributed by atoms with Crippen LogP contribution in [-0.4, -0.2) is 67.4 Å². The Labute approximate surface area is 154 Å². The summed E-state index contributed by atoms with van der Waals surface area (Å²) in [5.41, 5.74) is 0. The van der Waals surface area contributed by atoms with Crippen LogP contribution in [0.1, 0.15) is 16.8 Å². The van der Waals surface area contributed by atoms with Gasteiger partial charge in [0, 0.05) is 51.7 Å². The molecular formula is C14H26IN5OS. The minimum atomic E-state index is -0.00523. The fourth-order valence-electron chi connectivity index (χ4n) is 1.64. The number of thiazole rings is 1. The molecule has 0 radical (unpaired) electrons. The second kappa shape index (κ2) is 10.8. The summed E-state index contributed by atoms with van der Waals surface area (Å²) in [6, 6.07) is 0. The van der Waals surface area contributed by atoms with E-state index in [1.165, 1.54) is 4.88 Å². The molecule has 0 atom stereocenters. The minimum absolute atomic E-state index is 0. The van der Waals surface area contributed by atoms with Crippen LogP contribution in [-0.2, 0) is 11.2 Å². The third kappa shape index (κ3) is 7.39. The smallest absolute Gasteiger partial charge is 0.243 e. The summed E-state index contributed by atoms with van der Waals surface area (Å²) < 4.78 is 0. The first kappa shape index (κ1) is 21.1. The maximum Gasteiger partial charge on any atom is 0.243 e. The van der Waals surface area contributed by atoms with E-state index in [-0.39, 0.29) is 36.4 Å². The molecule has 0 saturated heterocycles. The molecule has 0 unspecified atom stereocenters. The first-order chi connectivity index (χ1) is 9.93. The molecular weight excluding hydrogens is 413 g/mol. The highest BCUT2D eigenvalue weighted by Gasteiger charge is 2.09. The van der Waals surface area contributed by atoms with Crippen molar-refractivity contribution in [2.45, 2.75) is 20.3 Å². The van der Waals surface area contributed by atoms with E-state index in [0.717, 1.165) is 30.5 Å². The number of hydrogen-bond acceptors (Lipinski definition) is 4. The third-order valence-corrected chi connectivity index (χ3v) is 3.86. The molecule has 0 aromatic carbocycles. The van der Waals surface area contributed by atoms with Gasteiger partial charge in [0.15, 0.2) is 5.96 Å². The summed E-state index contributed by atoms with van der Waals surface area (Å²) in [6.45, 7) is 5.82. The molecule has 0 aliphatic carbocycles. The van der Waals surface area contributed by atoms with Crippen LogP contribution in [0.2, 0.25) is 0 Å². The van der Waals surface area contributed by atoms with Gasteiger partial charge in [0.2, 0.25) is 5.91 Å². The van der Waals surface area contributed by atoms with Gasteiger partial charge in [-0.15, -0.1) is 35.3 Å². The lowest BCUT2D eigenvalue weighted by molar-refractivity contribution is -0.127. The van der Waals surface area contributed by atoms with Crippen LogP contribution in [0.3, 0.4) is 0 Å². The summed E-state index contributed by atoms with van der Waals surface area (Å²) >= 11 is 1.72. The van der Waals surface area contributed by atoms with Gasteiger partial charge in [0.25, 0.3) is 0 Å². The lowest BCUT2D eigenvalue weighted by Crippen LogP contribution is -2.40. The van der Waals surface area contributed by atoms with Crippen molar-refractivity contribution >= 4 is 47.2 Å². The number of amides is 1. The highest BCUT2D eigenvalue weighted by Crippen LogP contribution is 2.11. The molecule has 0 aliphatic rings. The zero-order valence-corrected chi connectivity index (χ0v) is 17.1. The van der Waals surface area contributed by atoms with E-state index in [9.17, 15) is 4.79 Å². The van der Waals surface area contributed by atoms with Crippen LogP contribution in [0.25, 0.3) is 0 Å². The summed E-state index contributed by atoms with van der Waals surface area (Å²) in [7, 11) is 5.45. The normalized spacial score (nSPS) is 10.9. The number of carbonyl (C=O) groups excluding carboxylic acids is 1. The summed E-state index contributed by atoms with van der Waals surface area (Å²) in [5, 5.41) is 4.33. The SMILES string of the molecule is CCNC(=NCC(=O)N(C)C)N(C)CCc1ncc(C)s1.I. The number of aliphatic imine (C=N–C) groups is 1. The lowest BCUT2D eigenvalue weighted by Gasteiger charge is -2.21. The largest absolute Gasteiger partial charge is 0.357 e. The zero-order chi connectivity index (χ0) is 15.8. The number of likely N-dealkylation sites (N-methyl/N-ethyl adjacent to an activating group) is 2. The number of rotatable bonds is 6. The average Bonchev–Trinajstić information content (AvgIpc) is 2.86. The van der Waals surface area contributed by atoms with Crippen molar-refractivity contribution in [2.24, 2.45) is 4.99 Å². The van der Waals surface area contributed by atoms with E-state index < -0.39 is 0 Å². The third-order valence-electron chi connectivity index (χ3n) is 2.89. The monoisotopic (exact) mass is 439 g/mol. The highest BCUT2D eigenvalue weighted by atomic mass is 127. The van der Waals surface area contributed by atoms with Crippen molar-refractivity contribution in [1.29, 1.82) is 0 Å². The summed E-state index contributed by atoms with van der Waals surface area (Å²) in [4.78, 5) is 25.2. The maximum atomic E-state index is 11.6. The van der Waals surface area contributed by atoms with E-state index in [0.29, 0.717) is 0 Å². The quantitative estimate of drug-likeness (QED) is 0.416. The van der Waals surface area contributed by atoms with Gasteiger partial charge in [-0.05, 0) is 13.8 Å². The number of nitrogens with zero attached hydrogens (tertiary/aromatic N) is 4. The van der Waals surface area contributed by atoms with Crippen LogP contribution >= 0.6 is 35.3 Å². The Bertz CT molecular complexity index is 489. The van der Waals surface area contributed by atoms with Crippen LogP contribution in [0.15, 0.2) is 11.2 Å². The molecule has 0 saturated carbocycles. The molecule has 0 bridgehead atoms. The molecule has 1 amide bonds. The fourth-order valence-corrected chi connectivity index (χ4v) is 2.42. The number of nitrogens with one attached hydrogen (secondary N) is 1. The lowest BCUT2D eigenvalue weighted by atomic mass is 10.4. The number of hydrogen-bond donors (Lipinski definition) is 1. The fraction of sp³-hybridized carbons (Fsp3) is 0.643. The Kier molecular flexibility index (Phi) is 10.3. The number of aromatic nitrogens is 1. The molecule has 6 nitrogen and oxygen atoms in total. The molecule has 0 fully saturated rings. The van der Waals surface area contributed by atoms with Gasteiger partial charge < -0.3 is 15.1 Å². The molecule has 0 aliphatic heterocycles. The molecule has 126 valence electrons. The van der Waals surface area contributed by atoms with Crippen LogP contribution in [0, 0.1) is 6.92 Å². The second-order valence-corrected chi connectivity index (χ2v) is 6.31. The molecule has 1 rings (SSSR count). The molecule has 8 heteroatoms. The average molecular weight is 439 g/mol. The van der Waals surface area contributed by atoms with Crippen molar-refractivity contribution < 1.29 is 4.79 Å². The van der Waals surface area contributed by atoms with E-state index in [1.807, 2.05) is 25.1 Å². The van der Waals surface area contributed by atoms with Crippen LogP contribution in [0.5, 0.6) is 0 Å². The van der Waals surface area contributed by atoms with Crippen LogP contribution in [0.4, 0.5) is 0 Å². The summed E-state index contributed by atoms with van der Waals surface area (Å²) in [6.07, 6.45) is 2.77. The van der Waals surface area contributed by atoms with Crippen LogP contribution < -0.4 is 5.32 Å². The van der Waals surface area contributed by atoms with Gasteiger partial charge in [-0.2, -0.15) is 0 Å². The Balaban J connectivity index is 0.00000441. The number of guanidine groups is 1. The topological polar surface area (TPSA) is 60.8 Å². The van der Waals surface area contributed by atoms with Gasteiger partial charge in [0.1, 0.15) is 6.54 Å². The maximum absolute atomic E-state index is 11.6. The van der Waals surface area contributed by atoms with E-state index in [1.54, 1.807) is 30.3 Å². The van der Waals surface area contributed by atoms with Gasteiger partial charge in [-0.25, -0.2) is 9.98 Å². The van der Waals surface area contributed by atoms with Crippen molar-refractivity contribution in [2.75, 3.05) is 40.8 Å². The van der Waals surface area contributed by atoms with E-state index in [2.05, 4.69) is 22.2 Å². The first-order valence-electron chi connectivity index (χ1n) is 7.05. The molecule has 1 N–H and O–H groups in total. The van der Waals surface area contributed by atoms with Crippen molar-refractivity contribution in [1.82, 2.24) is 20.1 Å². The Morgan fingerprint density at radius 3 is 2.59 bits per heavy atom. The number of carbonyl (C=O) groups is 1. The minimum Gasteiger partial charge on any atom is -0.357 e. The Hall–Kier alpha value is -0.900. The standard InChI is InChI=1S/C14H25N5OS.HI/c1-6-15-14(17-10-13(20)18(3)4)19(5)8-7-12-16-9-11(2)21-12;/h9H,6-8,10H2,1-5H3,(H,15,17);1H. The van der Waals surface area contributed by atoms with Gasteiger partial charge in [-0.3, -0.25) is 4.79 Å². The summed E-state index contributed by atoms with van der Waals surface area (Å²) in [5.74, 6) is 0.746. The van der Waals surface area contributed by atoms with Crippen molar-refractivity contribution in [3.63, 3.8) is 0 Å². The molecule has 0 spiro atoms. The van der Waals surface area contributed by atoms with E-state index in [4.69, 9.17) is 0 Å². The predicted octanol–water partition coefficient (Wildman–Crippen LogP) is 1.60.